The molecule has 0 aliphatic carbocycles. The highest BCUT2D eigenvalue weighted by Gasteiger charge is 2.36. The van der Waals surface area contributed by atoms with Crippen LogP contribution in [-0.4, -0.2) is 44.6 Å². The highest BCUT2D eigenvalue weighted by Crippen LogP contribution is 2.30. The molecule has 0 radical (unpaired) electrons. The van der Waals surface area contributed by atoms with Crippen molar-refractivity contribution in [3.05, 3.63) is 23.0 Å². The smallest absolute Gasteiger partial charge is 0.326 e. The summed E-state index contributed by atoms with van der Waals surface area (Å²) in [6.07, 6.45) is 1.17. The molecule has 1 amide bonds. The Labute approximate surface area is 133 Å². The minimum atomic E-state index is -0.965. The van der Waals surface area contributed by atoms with Crippen LogP contribution in [0, 0.1) is 6.92 Å². The normalized spacial score (nSPS) is 18.1. The Hall–Kier alpha value is -2.44. The maximum atomic E-state index is 13.0. The Kier molecular flexibility index (Phi) is 3.79. The SMILES string of the molecule is Cc1cc(C(=O)N2CCC[C@H]2C(=O)O)c2c(C(C)C)noc2n1. The van der Waals surface area contributed by atoms with E-state index in [1.54, 1.807) is 13.0 Å². The fourth-order valence-corrected chi connectivity index (χ4v) is 3.08. The molecule has 1 fully saturated rings. The lowest BCUT2D eigenvalue weighted by molar-refractivity contribution is -0.141. The Morgan fingerprint density at radius 2 is 2.17 bits per heavy atom. The molecule has 3 heterocycles. The molecule has 2 aromatic heterocycles. The van der Waals surface area contributed by atoms with E-state index in [2.05, 4.69) is 10.1 Å². The van der Waals surface area contributed by atoms with E-state index in [0.717, 1.165) is 0 Å². The summed E-state index contributed by atoms with van der Waals surface area (Å²) in [6.45, 7) is 6.13. The van der Waals surface area contributed by atoms with Gasteiger partial charge in [-0.1, -0.05) is 19.0 Å². The molecule has 0 spiro atoms. The molecule has 2 aromatic rings. The molecule has 0 bridgehead atoms. The van der Waals surface area contributed by atoms with E-state index < -0.39 is 12.0 Å². The molecule has 122 valence electrons. The zero-order valence-corrected chi connectivity index (χ0v) is 13.4. The number of carbonyl (C=O) groups excluding carboxylic acids is 1. The molecule has 7 heteroatoms. The lowest BCUT2D eigenvalue weighted by atomic mass is 10.0. The number of pyridine rings is 1. The quantitative estimate of drug-likeness (QED) is 0.933. The number of aryl methyl sites for hydroxylation is 1. The van der Waals surface area contributed by atoms with Gasteiger partial charge in [-0.15, -0.1) is 0 Å². The van der Waals surface area contributed by atoms with E-state index in [1.165, 1.54) is 4.90 Å². The number of likely N-dealkylation sites (tertiary alicyclic amines) is 1. The number of carboxylic acids is 1. The summed E-state index contributed by atoms with van der Waals surface area (Å²) in [7, 11) is 0. The maximum Gasteiger partial charge on any atom is 0.326 e. The van der Waals surface area contributed by atoms with Crippen LogP contribution >= 0.6 is 0 Å². The summed E-state index contributed by atoms with van der Waals surface area (Å²) in [5.41, 5.74) is 2.05. The fourth-order valence-electron chi connectivity index (χ4n) is 3.08. The average Bonchev–Trinajstić information content (AvgIpc) is 3.11. The van der Waals surface area contributed by atoms with E-state index in [-0.39, 0.29) is 11.8 Å². The number of aromatic nitrogens is 2. The molecule has 3 rings (SSSR count). The second kappa shape index (κ2) is 5.64. The van der Waals surface area contributed by atoms with Crippen LogP contribution in [0.15, 0.2) is 10.6 Å². The molecule has 0 unspecified atom stereocenters. The second-order valence-corrected chi connectivity index (χ2v) is 6.21. The molecule has 23 heavy (non-hydrogen) atoms. The van der Waals surface area contributed by atoms with Crippen molar-refractivity contribution in [3.63, 3.8) is 0 Å². The number of hydrogen-bond acceptors (Lipinski definition) is 5. The first kappa shape index (κ1) is 15.5. The van der Waals surface area contributed by atoms with Crippen molar-refractivity contribution in [2.45, 2.75) is 45.6 Å². The van der Waals surface area contributed by atoms with Crippen LogP contribution in [0.5, 0.6) is 0 Å². The summed E-state index contributed by atoms with van der Waals surface area (Å²) in [5, 5.41) is 13.9. The Morgan fingerprint density at radius 3 is 2.83 bits per heavy atom. The van der Waals surface area contributed by atoms with Gasteiger partial charge in [0.1, 0.15) is 6.04 Å². The third kappa shape index (κ3) is 2.56. The monoisotopic (exact) mass is 317 g/mol. The van der Waals surface area contributed by atoms with E-state index in [0.29, 0.717) is 47.4 Å². The van der Waals surface area contributed by atoms with Gasteiger partial charge < -0.3 is 14.5 Å². The molecular weight excluding hydrogens is 298 g/mol. The van der Waals surface area contributed by atoms with Crippen molar-refractivity contribution in [1.29, 1.82) is 0 Å². The van der Waals surface area contributed by atoms with Crippen LogP contribution in [0.4, 0.5) is 0 Å². The number of aliphatic carboxylic acids is 1. The van der Waals surface area contributed by atoms with Gasteiger partial charge in [0, 0.05) is 12.2 Å². The summed E-state index contributed by atoms with van der Waals surface area (Å²) in [4.78, 5) is 30.0. The number of hydrogen-bond donors (Lipinski definition) is 1. The summed E-state index contributed by atoms with van der Waals surface area (Å²) in [6, 6.07) is 0.915. The predicted molar refractivity (Wildman–Crippen MR) is 82.3 cm³/mol. The Morgan fingerprint density at radius 1 is 1.43 bits per heavy atom. The van der Waals surface area contributed by atoms with Crippen LogP contribution in [0.25, 0.3) is 11.1 Å². The average molecular weight is 317 g/mol. The standard InChI is InChI=1S/C16H19N3O4/c1-8(2)13-12-10(7-9(3)17-14(12)23-18-13)15(20)19-6-4-5-11(19)16(21)22/h7-8,11H,4-6H2,1-3H3,(H,21,22)/t11-/m0/s1. The van der Waals surface area contributed by atoms with Gasteiger partial charge in [-0.2, -0.15) is 0 Å². The number of rotatable bonds is 3. The first-order valence-corrected chi connectivity index (χ1v) is 7.71. The van der Waals surface area contributed by atoms with Gasteiger partial charge in [0.25, 0.3) is 11.6 Å². The topological polar surface area (TPSA) is 96.5 Å². The number of fused-ring (bicyclic) bond motifs is 1. The number of carbonyl (C=O) groups is 2. The van der Waals surface area contributed by atoms with Crippen LogP contribution in [0.3, 0.4) is 0 Å². The molecule has 0 aromatic carbocycles. The molecule has 7 nitrogen and oxygen atoms in total. The van der Waals surface area contributed by atoms with Crippen molar-refractivity contribution < 1.29 is 19.2 Å². The van der Waals surface area contributed by atoms with Gasteiger partial charge in [0.05, 0.1) is 16.6 Å². The number of amides is 1. The maximum absolute atomic E-state index is 13.0. The zero-order chi connectivity index (χ0) is 16.7. The lowest BCUT2D eigenvalue weighted by Crippen LogP contribution is -2.40. The molecule has 1 saturated heterocycles. The van der Waals surface area contributed by atoms with Gasteiger partial charge in [-0.3, -0.25) is 4.79 Å². The highest BCUT2D eigenvalue weighted by atomic mass is 16.5. The molecule has 1 aliphatic rings. The minimum absolute atomic E-state index is 0.0705. The van der Waals surface area contributed by atoms with Crippen LogP contribution < -0.4 is 0 Å². The first-order valence-electron chi connectivity index (χ1n) is 7.71. The second-order valence-electron chi connectivity index (χ2n) is 6.21. The molecule has 1 atom stereocenters. The third-order valence-electron chi connectivity index (χ3n) is 4.18. The van der Waals surface area contributed by atoms with Gasteiger partial charge in [-0.05, 0) is 31.7 Å². The van der Waals surface area contributed by atoms with Gasteiger partial charge in [0.2, 0.25) is 0 Å². The lowest BCUT2D eigenvalue weighted by Gasteiger charge is -2.22. The summed E-state index contributed by atoms with van der Waals surface area (Å²) in [5.74, 6) is -1.19. The van der Waals surface area contributed by atoms with Crippen LogP contribution in [-0.2, 0) is 4.79 Å². The van der Waals surface area contributed by atoms with Gasteiger partial charge in [-0.25, -0.2) is 9.78 Å². The van der Waals surface area contributed by atoms with Crippen molar-refractivity contribution in [1.82, 2.24) is 15.0 Å². The van der Waals surface area contributed by atoms with Gasteiger partial charge in [0.15, 0.2) is 0 Å². The van der Waals surface area contributed by atoms with E-state index in [1.807, 2.05) is 13.8 Å². The number of carboxylic acid groups (broad SMARTS) is 1. The predicted octanol–water partition coefficient (Wildman–Crippen LogP) is 2.34. The van der Waals surface area contributed by atoms with Crippen molar-refractivity contribution in [2.75, 3.05) is 6.54 Å². The largest absolute Gasteiger partial charge is 0.480 e. The Balaban J connectivity index is 2.13. The fraction of sp³-hybridized carbons (Fsp3) is 0.500. The summed E-state index contributed by atoms with van der Waals surface area (Å²) < 4.78 is 5.27. The van der Waals surface area contributed by atoms with E-state index in [4.69, 9.17) is 4.52 Å². The van der Waals surface area contributed by atoms with Crippen molar-refractivity contribution in [2.24, 2.45) is 0 Å². The molecule has 1 N–H and O–H groups in total. The van der Waals surface area contributed by atoms with Crippen molar-refractivity contribution in [3.8, 4) is 0 Å². The van der Waals surface area contributed by atoms with E-state index >= 15 is 0 Å². The summed E-state index contributed by atoms with van der Waals surface area (Å²) >= 11 is 0. The molecule has 0 saturated carbocycles. The van der Waals surface area contributed by atoms with Crippen LogP contribution in [0.2, 0.25) is 0 Å². The zero-order valence-electron chi connectivity index (χ0n) is 13.4. The highest BCUT2D eigenvalue weighted by molar-refractivity contribution is 6.07. The van der Waals surface area contributed by atoms with Crippen molar-refractivity contribution >= 4 is 23.0 Å². The van der Waals surface area contributed by atoms with Crippen LogP contribution in [0.1, 0.15) is 54.4 Å². The molecular formula is C16H19N3O4. The third-order valence-corrected chi connectivity index (χ3v) is 4.18. The van der Waals surface area contributed by atoms with E-state index in [9.17, 15) is 14.7 Å². The van der Waals surface area contributed by atoms with Gasteiger partial charge >= 0.3 is 5.97 Å². The first-order chi connectivity index (χ1) is 10.9. The molecule has 1 aliphatic heterocycles. The Bertz CT molecular complexity index is 781. The minimum Gasteiger partial charge on any atom is -0.480 e. The number of nitrogens with zero attached hydrogens (tertiary/aromatic N) is 3.